The highest BCUT2D eigenvalue weighted by Gasteiger charge is 2.64. The molecule has 10 nitrogen and oxygen atoms in total. The Hall–Kier alpha value is -4.84. The SMILES string of the molecule is CN(C)[C@@H]1C(=O)C(C(N)=O)=C(O)[C@@]2(O)C(=O)C3=C(O)c4c(O)ccc(-c5ccc(CNCc6cccc(F)c6)cc5)c4C[C@H]3C[C@@H]12. The number of nitrogens with zero attached hydrogens (tertiary/aromatic N) is 1. The lowest BCUT2D eigenvalue weighted by molar-refractivity contribution is -0.153. The first-order valence-corrected chi connectivity index (χ1v) is 14.9. The second-order valence-corrected chi connectivity index (χ2v) is 12.4. The number of aromatic hydroxyl groups is 1. The standard InChI is InChI=1S/C35H34FN3O7/c1-39(2)29-24-14-20-13-23-22(19-8-6-17(7-9-19)15-38-16-18-4-3-5-21(36)12-18)10-11-25(40)27(23)30(41)26(20)32(43)35(24,46)33(44)28(31(29)42)34(37)45/h3-12,20,24,29,38,40-41,44,46H,13-16H2,1-2H3,(H2,37,45)/t20-,24-,29-,35-/m0/s1. The second kappa shape index (κ2) is 11.5. The number of aliphatic hydroxyl groups is 3. The highest BCUT2D eigenvalue weighted by Crippen LogP contribution is 2.53. The molecule has 3 aliphatic carbocycles. The van der Waals surface area contributed by atoms with Crippen molar-refractivity contribution < 1.29 is 39.2 Å². The number of nitrogens with two attached hydrogens (primary N) is 1. The van der Waals surface area contributed by atoms with Crippen molar-refractivity contribution in [2.24, 2.45) is 17.6 Å². The number of carbonyl (C=O) groups excluding carboxylic acids is 3. The van der Waals surface area contributed by atoms with Gasteiger partial charge in [0, 0.05) is 24.6 Å². The molecule has 46 heavy (non-hydrogen) atoms. The molecule has 1 amide bonds. The molecule has 4 atom stereocenters. The van der Waals surface area contributed by atoms with E-state index in [9.17, 15) is 39.2 Å². The minimum Gasteiger partial charge on any atom is -0.508 e. The van der Waals surface area contributed by atoms with Crippen LogP contribution in [0.25, 0.3) is 16.9 Å². The molecule has 0 heterocycles. The third-order valence-electron chi connectivity index (χ3n) is 9.42. The van der Waals surface area contributed by atoms with E-state index in [1.54, 1.807) is 26.2 Å². The number of amides is 1. The normalized spacial score (nSPS) is 24.2. The number of likely N-dealkylation sites (N-methyl/N-ethyl adjacent to an activating group) is 1. The molecule has 6 rings (SSSR count). The number of Topliss-reactive ketones (excluding diaryl/α,β-unsaturated/α-hetero) is 2. The van der Waals surface area contributed by atoms with E-state index < -0.39 is 58.0 Å². The van der Waals surface area contributed by atoms with Crippen molar-refractivity contribution in [3.8, 4) is 16.9 Å². The molecule has 0 spiro atoms. The quantitative estimate of drug-likeness (QED) is 0.215. The Balaban J connectivity index is 1.35. The summed E-state index contributed by atoms with van der Waals surface area (Å²) in [7, 11) is 3.12. The van der Waals surface area contributed by atoms with Crippen LogP contribution in [0.5, 0.6) is 5.75 Å². The fraction of sp³-hybridized carbons (Fsp3) is 0.286. The van der Waals surface area contributed by atoms with Crippen LogP contribution in [0.15, 0.2) is 77.6 Å². The van der Waals surface area contributed by atoms with Crippen molar-refractivity contribution in [1.82, 2.24) is 10.2 Å². The number of carbonyl (C=O) groups is 3. The first kappa shape index (κ1) is 31.2. The predicted molar refractivity (Wildman–Crippen MR) is 167 cm³/mol. The van der Waals surface area contributed by atoms with Gasteiger partial charge in [-0.1, -0.05) is 42.5 Å². The number of nitrogens with one attached hydrogen (secondary N) is 1. The number of rotatable bonds is 7. The molecule has 0 bridgehead atoms. The maximum Gasteiger partial charge on any atom is 0.255 e. The molecule has 0 unspecified atom stereocenters. The molecule has 11 heteroatoms. The van der Waals surface area contributed by atoms with E-state index >= 15 is 0 Å². The van der Waals surface area contributed by atoms with Crippen LogP contribution in [-0.4, -0.2) is 68.5 Å². The molecule has 0 aliphatic heterocycles. The zero-order valence-electron chi connectivity index (χ0n) is 25.3. The smallest absolute Gasteiger partial charge is 0.255 e. The van der Waals surface area contributed by atoms with Gasteiger partial charge in [0.15, 0.2) is 11.4 Å². The molecule has 0 aromatic heterocycles. The summed E-state index contributed by atoms with van der Waals surface area (Å²) in [4.78, 5) is 41.0. The average molecular weight is 628 g/mol. The van der Waals surface area contributed by atoms with Crippen LogP contribution in [0, 0.1) is 17.7 Å². The fourth-order valence-electron chi connectivity index (χ4n) is 7.31. The molecule has 0 radical (unpaired) electrons. The Morgan fingerprint density at radius 2 is 1.72 bits per heavy atom. The number of fused-ring (bicyclic) bond motifs is 3. The number of phenols is 1. The molecule has 3 aliphatic rings. The summed E-state index contributed by atoms with van der Waals surface area (Å²) in [6.45, 7) is 1.03. The van der Waals surface area contributed by atoms with E-state index in [0.717, 1.165) is 16.7 Å². The second-order valence-electron chi connectivity index (χ2n) is 12.4. The van der Waals surface area contributed by atoms with Crippen LogP contribution in [0.1, 0.15) is 28.7 Å². The molecular formula is C35H34FN3O7. The average Bonchev–Trinajstić information content (AvgIpc) is 2.99. The van der Waals surface area contributed by atoms with E-state index in [1.165, 1.54) is 23.1 Å². The number of benzene rings is 3. The molecule has 3 aromatic rings. The summed E-state index contributed by atoms with van der Waals surface area (Å²) < 4.78 is 13.5. The molecule has 238 valence electrons. The highest BCUT2D eigenvalue weighted by atomic mass is 19.1. The van der Waals surface area contributed by atoms with Crippen LogP contribution < -0.4 is 11.1 Å². The Morgan fingerprint density at radius 1 is 1.02 bits per heavy atom. The van der Waals surface area contributed by atoms with Gasteiger partial charge in [-0.25, -0.2) is 4.39 Å². The van der Waals surface area contributed by atoms with Gasteiger partial charge in [0.2, 0.25) is 5.78 Å². The lowest BCUT2D eigenvalue weighted by Crippen LogP contribution is -2.65. The van der Waals surface area contributed by atoms with E-state index in [4.69, 9.17) is 5.73 Å². The lowest BCUT2D eigenvalue weighted by Gasteiger charge is -2.50. The van der Waals surface area contributed by atoms with Crippen LogP contribution in [0.2, 0.25) is 0 Å². The number of hydrogen-bond acceptors (Lipinski definition) is 9. The first-order valence-electron chi connectivity index (χ1n) is 14.9. The van der Waals surface area contributed by atoms with Gasteiger partial charge in [0.05, 0.1) is 11.6 Å². The molecule has 7 N–H and O–H groups in total. The van der Waals surface area contributed by atoms with E-state index in [2.05, 4.69) is 5.32 Å². The largest absolute Gasteiger partial charge is 0.508 e. The van der Waals surface area contributed by atoms with Gasteiger partial charge in [-0.05, 0) is 78.9 Å². The van der Waals surface area contributed by atoms with Crippen molar-refractivity contribution >= 4 is 23.2 Å². The molecule has 1 saturated carbocycles. The maximum absolute atomic E-state index is 14.0. The third kappa shape index (κ3) is 4.87. The zero-order valence-corrected chi connectivity index (χ0v) is 25.3. The number of phenolic OH excluding ortho intramolecular Hbond substituents is 1. The van der Waals surface area contributed by atoms with E-state index in [0.29, 0.717) is 24.2 Å². The topological polar surface area (TPSA) is 173 Å². The van der Waals surface area contributed by atoms with Crippen molar-refractivity contribution in [3.63, 3.8) is 0 Å². The van der Waals surface area contributed by atoms with Gasteiger partial charge in [0.25, 0.3) is 5.91 Å². The Labute approximate surface area is 264 Å². The van der Waals surface area contributed by atoms with Crippen molar-refractivity contribution in [2.75, 3.05) is 14.1 Å². The van der Waals surface area contributed by atoms with Gasteiger partial charge in [0.1, 0.15) is 28.7 Å². The number of primary amides is 1. The van der Waals surface area contributed by atoms with Crippen LogP contribution in [0.3, 0.4) is 0 Å². The molecule has 1 fully saturated rings. The highest BCUT2D eigenvalue weighted by molar-refractivity contribution is 6.24. The van der Waals surface area contributed by atoms with Crippen molar-refractivity contribution in [2.45, 2.75) is 37.6 Å². The minimum atomic E-state index is -2.68. The predicted octanol–water partition coefficient (Wildman–Crippen LogP) is 3.06. The van der Waals surface area contributed by atoms with E-state index in [1.807, 2.05) is 30.3 Å². The molecule has 0 saturated heterocycles. The van der Waals surface area contributed by atoms with Crippen LogP contribution >= 0.6 is 0 Å². The number of ketones is 2. The maximum atomic E-state index is 14.0. The van der Waals surface area contributed by atoms with E-state index in [-0.39, 0.29) is 35.5 Å². The zero-order chi connectivity index (χ0) is 33.1. The minimum absolute atomic E-state index is 0.0107. The van der Waals surface area contributed by atoms with Crippen LogP contribution in [-0.2, 0) is 33.9 Å². The fourth-order valence-corrected chi connectivity index (χ4v) is 7.31. The monoisotopic (exact) mass is 627 g/mol. The van der Waals surface area contributed by atoms with Gasteiger partial charge in [-0.15, -0.1) is 0 Å². The van der Waals surface area contributed by atoms with Crippen LogP contribution in [0.4, 0.5) is 4.39 Å². The Bertz CT molecular complexity index is 1850. The molecule has 3 aromatic carbocycles. The molecular weight excluding hydrogens is 593 g/mol. The number of halogens is 1. The van der Waals surface area contributed by atoms with Crippen molar-refractivity contribution in [1.29, 1.82) is 0 Å². The Morgan fingerprint density at radius 3 is 2.37 bits per heavy atom. The van der Waals surface area contributed by atoms with Gasteiger partial charge >= 0.3 is 0 Å². The summed E-state index contributed by atoms with van der Waals surface area (Å²) in [6.07, 6.45) is 0.200. The Kier molecular flexibility index (Phi) is 7.79. The number of hydrogen-bond donors (Lipinski definition) is 6. The third-order valence-corrected chi connectivity index (χ3v) is 9.42. The number of aliphatic hydroxyl groups excluding tert-OH is 2. The lowest BCUT2D eigenvalue weighted by atomic mass is 9.57. The summed E-state index contributed by atoms with van der Waals surface area (Å²) in [5.41, 5.74) is 5.60. The summed E-state index contributed by atoms with van der Waals surface area (Å²) in [5.74, 6) is -7.16. The van der Waals surface area contributed by atoms with Gasteiger partial charge in [-0.3, -0.25) is 19.3 Å². The summed E-state index contributed by atoms with van der Waals surface area (Å²) in [6, 6.07) is 16.0. The first-order chi connectivity index (χ1) is 21.8. The summed E-state index contributed by atoms with van der Waals surface area (Å²) >= 11 is 0. The van der Waals surface area contributed by atoms with Crippen molar-refractivity contribution in [3.05, 3.63) is 106 Å². The summed E-state index contributed by atoms with van der Waals surface area (Å²) in [5, 5.41) is 48.4. The van der Waals surface area contributed by atoms with Gasteiger partial charge < -0.3 is 31.5 Å². The van der Waals surface area contributed by atoms with Gasteiger partial charge in [-0.2, -0.15) is 0 Å².